The van der Waals surface area contributed by atoms with E-state index in [4.69, 9.17) is 4.52 Å². The summed E-state index contributed by atoms with van der Waals surface area (Å²) in [6, 6.07) is 0. The van der Waals surface area contributed by atoms with Gasteiger partial charge >= 0.3 is 0 Å². The summed E-state index contributed by atoms with van der Waals surface area (Å²) in [5.41, 5.74) is 1.19. The first-order chi connectivity index (χ1) is 6.27. The van der Waals surface area contributed by atoms with Gasteiger partial charge in [-0.25, -0.2) is 0 Å². The van der Waals surface area contributed by atoms with E-state index in [0.29, 0.717) is 16.7 Å². The molecule has 72 valence electrons. The molecule has 0 N–H and O–H groups in total. The SMILES string of the molecule is O=c1c(CBr)c(C2CC2)on1CBr. The second kappa shape index (κ2) is 3.61. The number of rotatable bonds is 3. The molecular formula is C8H9Br2NO2. The zero-order chi connectivity index (χ0) is 9.42. The Bertz CT molecular complexity index is 365. The van der Waals surface area contributed by atoms with Crippen molar-refractivity contribution in [1.29, 1.82) is 0 Å². The van der Waals surface area contributed by atoms with Crippen LogP contribution in [0.3, 0.4) is 0 Å². The van der Waals surface area contributed by atoms with E-state index < -0.39 is 0 Å². The molecular weight excluding hydrogens is 302 g/mol. The number of hydrogen-bond donors (Lipinski definition) is 0. The lowest BCUT2D eigenvalue weighted by molar-refractivity contribution is 0.273. The van der Waals surface area contributed by atoms with Gasteiger partial charge in [0.1, 0.15) is 11.2 Å². The number of aromatic nitrogens is 1. The van der Waals surface area contributed by atoms with Gasteiger partial charge in [0.2, 0.25) is 0 Å². The Morgan fingerprint density at radius 3 is 2.62 bits per heavy atom. The average molecular weight is 311 g/mol. The molecule has 0 saturated heterocycles. The highest BCUT2D eigenvalue weighted by atomic mass is 79.9. The Labute approximate surface area is 92.3 Å². The third-order valence-corrected chi connectivity index (χ3v) is 3.20. The van der Waals surface area contributed by atoms with E-state index in [0.717, 1.165) is 24.2 Å². The number of alkyl halides is 2. The average Bonchev–Trinajstić information content (AvgIpc) is 2.91. The third-order valence-electron chi connectivity index (χ3n) is 2.18. The van der Waals surface area contributed by atoms with Gasteiger partial charge in [0.25, 0.3) is 5.56 Å². The zero-order valence-electron chi connectivity index (χ0n) is 6.93. The van der Waals surface area contributed by atoms with Crippen molar-refractivity contribution in [2.45, 2.75) is 29.5 Å². The summed E-state index contributed by atoms with van der Waals surface area (Å²) < 4.78 is 6.79. The van der Waals surface area contributed by atoms with Crippen LogP contribution < -0.4 is 5.56 Å². The summed E-state index contributed by atoms with van der Waals surface area (Å²) in [6.45, 7) is 0. The highest BCUT2D eigenvalue weighted by molar-refractivity contribution is 9.08. The number of hydrogen-bond acceptors (Lipinski definition) is 2. The van der Waals surface area contributed by atoms with Crippen molar-refractivity contribution in [3.63, 3.8) is 0 Å². The molecule has 1 aliphatic rings. The lowest BCUT2D eigenvalue weighted by Crippen LogP contribution is -2.14. The second-order valence-corrected chi connectivity index (χ2v) is 4.21. The fraction of sp³-hybridized carbons (Fsp3) is 0.625. The summed E-state index contributed by atoms with van der Waals surface area (Å²) in [6.07, 6.45) is 2.30. The van der Waals surface area contributed by atoms with Crippen LogP contribution in [0.1, 0.15) is 30.1 Å². The molecule has 1 aromatic heterocycles. The van der Waals surface area contributed by atoms with Crippen LogP contribution in [-0.2, 0) is 10.8 Å². The van der Waals surface area contributed by atoms with Gasteiger partial charge < -0.3 is 4.52 Å². The normalized spacial score (nSPS) is 16.5. The van der Waals surface area contributed by atoms with Gasteiger partial charge in [0.15, 0.2) is 0 Å². The highest BCUT2D eigenvalue weighted by Crippen LogP contribution is 2.41. The molecule has 5 heteroatoms. The van der Waals surface area contributed by atoms with Crippen molar-refractivity contribution in [1.82, 2.24) is 4.74 Å². The van der Waals surface area contributed by atoms with Crippen molar-refractivity contribution in [2.24, 2.45) is 0 Å². The molecule has 13 heavy (non-hydrogen) atoms. The van der Waals surface area contributed by atoms with Crippen LogP contribution in [0.5, 0.6) is 0 Å². The predicted molar refractivity (Wildman–Crippen MR) is 56.5 cm³/mol. The maximum absolute atomic E-state index is 11.6. The fourth-order valence-corrected chi connectivity index (χ4v) is 2.19. The van der Waals surface area contributed by atoms with Crippen LogP contribution >= 0.6 is 31.9 Å². The lowest BCUT2D eigenvalue weighted by Gasteiger charge is -1.91. The molecule has 0 bridgehead atoms. The molecule has 0 spiro atoms. The first-order valence-corrected chi connectivity index (χ1v) is 6.37. The molecule has 2 rings (SSSR count). The molecule has 1 heterocycles. The Hall–Kier alpha value is -0.0300. The van der Waals surface area contributed by atoms with Gasteiger partial charge in [-0.15, -0.1) is 0 Å². The maximum atomic E-state index is 11.6. The van der Waals surface area contributed by atoms with Gasteiger partial charge in [-0.1, -0.05) is 31.9 Å². The molecule has 0 amide bonds. The monoisotopic (exact) mass is 309 g/mol. The van der Waals surface area contributed by atoms with Crippen molar-refractivity contribution < 1.29 is 4.52 Å². The highest BCUT2D eigenvalue weighted by Gasteiger charge is 2.32. The van der Waals surface area contributed by atoms with Crippen molar-refractivity contribution in [3.05, 3.63) is 21.7 Å². The standard InChI is InChI=1S/C8H9Br2NO2/c9-3-6-7(5-1-2-5)13-11(4-10)8(6)12/h5H,1-4H2. The van der Waals surface area contributed by atoms with Crippen LogP contribution in [0.25, 0.3) is 0 Å². The molecule has 0 radical (unpaired) electrons. The molecule has 1 saturated carbocycles. The zero-order valence-corrected chi connectivity index (χ0v) is 10.1. The van der Waals surface area contributed by atoms with Crippen LogP contribution in [0, 0.1) is 0 Å². The predicted octanol–water partition coefficient (Wildman–Crippen LogP) is 2.57. The van der Waals surface area contributed by atoms with Crippen molar-refractivity contribution in [2.75, 3.05) is 0 Å². The van der Waals surface area contributed by atoms with Crippen molar-refractivity contribution in [3.8, 4) is 0 Å². The molecule has 0 atom stereocenters. The van der Waals surface area contributed by atoms with Crippen molar-refractivity contribution >= 4 is 31.9 Å². The second-order valence-electron chi connectivity index (χ2n) is 3.15. The molecule has 0 unspecified atom stereocenters. The number of nitrogens with zero attached hydrogens (tertiary/aromatic N) is 1. The first-order valence-electron chi connectivity index (χ1n) is 4.12. The van der Waals surface area contributed by atoms with E-state index in [9.17, 15) is 4.79 Å². The van der Waals surface area contributed by atoms with Gasteiger partial charge in [-0.05, 0) is 12.8 Å². The van der Waals surface area contributed by atoms with E-state index >= 15 is 0 Å². The van der Waals surface area contributed by atoms with E-state index in [1.54, 1.807) is 0 Å². The summed E-state index contributed by atoms with van der Waals surface area (Å²) >= 11 is 6.52. The molecule has 1 aliphatic carbocycles. The lowest BCUT2D eigenvalue weighted by atomic mass is 10.2. The molecule has 1 aromatic rings. The van der Waals surface area contributed by atoms with Crippen LogP contribution in [0.2, 0.25) is 0 Å². The van der Waals surface area contributed by atoms with Gasteiger partial charge in [-0.2, -0.15) is 4.74 Å². The Morgan fingerprint density at radius 2 is 2.15 bits per heavy atom. The minimum absolute atomic E-state index is 0.0179. The maximum Gasteiger partial charge on any atom is 0.287 e. The molecule has 0 aliphatic heterocycles. The Kier molecular flexibility index (Phi) is 2.65. The quantitative estimate of drug-likeness (QED) is 0.804. The molecule has 1 fully saturated rings. The smallest absolute Gasteiger partial charge is 0.287 e. The summed E-state index contributed by atoms with van der Waals surface area (Å²) in [5, 5.41) is 0.584. The minimum atomic E-state index is -0.0179. The summed E-state index contributed by atoms with van der Waals surface area (Å²) in [4.78, 5) is 11.6. The first kappa shape index (κ1) is 9.52. The Balaban J connectivity index is 2.48. The van der Waals surface area contributed by atoms with Crippen LogP contribution in [0.15, 0.2) is 9.32 Å². The van der Waals surface area contributed by atoms with Crippen LogP contribution in [-0.4, -0.2) is 4.74 Å². The summed E-state index contributed by atoms with van der Waals surface area (Å²) in [7, 11) is 0. The van der Waals surface area contributed by atoms with Gasteiger partial charge in [0.05, 0.1) is 5.56 Å². The Morgan fingerprint density at radius 1 is 1.46 bits per heavy atom. The molecule has 3 nitrogen and oxygen atoms in total. The van der Waals surface area contributed by atoms with Crippen LogP contribution in [0.4, 0.5) is 0 Å². The van der Waals surface area contributed by atoms with Gasteiger partial charge in [0, 0.05) is 11.2 Å². The fourth-order valence-electron chi connectivity index (χ4n) is 1.34. The van der Waals surface area contributed by atoms with E-state index in [2.05, 4.69) is 31.9 Å². The topological polar surface area (TPSA) is 35.1 Å². The third kappa shape index (κ3) is 1.64. The largest absolute Gasteiger partial charge is 0.379 e. The van der Waals surface area contributed by atoms with E-state index in [1.165, 1.54) is 4.74 Å². The minimum Gasteiger partial charge on any atom is -0.379 e. The molecule has 0 aromatic carbocycles. The number of halogens is 2. The van der Waals surface area contributed by atoms with Gasteiger partial charge in [-0.3, -0.25) is 4.79 Å². The van der Waals surface area contributed by atoms with E-state index in [1.807, 2.05) is 0 Å². The van der Waals surface area contributed by atoms with E-state index in [-0.39, 0.29) is 5.56 Å². The summed E-state index contributed by atoms with van der Waals surface area (Å²) in [5.74, 6) is 1.36.